The summed E-state index contributed by atoms with van der Waals surface area (Å²) in [6.45, 7) is 8.14. The number of hydrogen-bond donors (Lipinski definition) is 3. The number of hydrogen-bond acceptors (Lipinski definition) is 8. The van der Waals surface area contributed by atoms with Crippen molar-refractivity contribution >= 4 is 35.1 Å². The molecule has 1 aliphatic heterocycles. The molecular formula is C25H38ClN7O. The van der Waals surface area contributed by atoms with Gasteiger partial charge in [-0.05, 0) is 69.3 Å². The average Bonchev–Trinajstić information content (AvgIpc) is 3.29. The molecule has 2 heterocycles. The summed E-state index contributed by atoms with van der Waals surface area (Å²) in [6, 6.07) is 4.32. The maximum Gasteiger partial charge on any atom is 0.233 e. The summed E-state index contributed by atoms with van der Waals surface area (Å²) in [5, 5.41) is 10.8. The molecule has 1 unspecified atom stereocenters. The van der Waals surface area contributed by atoms with E-state index < -0.39 is 0 Å². The largest absolute Gasteiger partial charge is 0.495 e. The van der Waals surface area contributed by atoms with Crippen molar-refractivity contribution in [3.63, 3.8) is 0 Å². The Bertz CT molecular complexity index is 928. The maximum atomic E-state index is 6.40. The molecule has 0 radical (unpaired) electrons. The highest BCUT2D eigenvalue weighted by Crippen LogP contribution is 2.32. The second-order valence-electron chi connectivity index (χ2n) is 9.43. The van der Waals surface area contributed by atoms with Gasteiger partial charge in [0.05, 0.1) is 12.1 Å². The molecule has 4 rings (SSSR count). The predicted octanol–water partition coefficient (Wildman–Crippen LogP) is 5.47. The van der Waals surface area contributed by atoms with Crippen molar-refractivity contribution in [1.29, 1.82) is 0 Å². The number of ether oxygens (including phenoxy) is 1. The second-order valence-corrected chi connectivity index (χ2v) is 9.84. The lowest BCUT2D eigenvalue weighted by molar-refractivity contribution is 0.277. The van der Waals surface area contributed by atoms with E-state index in [1.54, 1.807) is 7.11 Å². The molecule has 1 saturated carbocycles. The van der Waals surface area contributed by atoms with Gasteiger partial charge in [-0.3, -0.25) is 4.90 Å². The first kappa shape index (κ1) is 24.8. The van der Waals surface area contributed by atoms with Gasteiger partial charge in [-0.25, -0.2) is 0 Å². The van der Waals surface area contributed by atoms with Gasteiger partial charge in [0.25, 0.3) is 0 Å². The van der Waals surface area contributed by atoms with Gasteiger partial charge >= 0.3 is 0 Å². The van der Waals surface area contributed by atoms with Crippen LogP contribution in [0, 0.1) is 12.8 Å². The molecule has 34 heavy (non-hydrogen) atoms. The number of likely N-dealkylation sites (N-methyl/N-ethyl adjacent to an activating group) is 1. The molecular weight excluding hydrogens is 450 g/mol. The Labute approximate surface area is 208 Å². The zero-order chi connectivity index (χ0) is 23.9. The summed E-state index contributed by atoms with van der Waals surface area (Å²) in [5.41, 5.74) is 1.76. The van der Waals surface area contributed by atoms with Crippen molar-refractivity contribution in [3.8, 4) is 5.75 Å². The van der Waals surface area contributed by atoms with Crippen molar-refractivity contribution in [3.05, 3.63) is 22.7 Å². The first-order chi connectivity index (χ1) is 16.6. The Morgan fingerprint density at radius 1 is 0.971 bits per heavy atom. The number of aromatic nitrogens is 3. The van der Waals surface area contributed by atoms with E-state index in [2.05, 4.69) is 42.7 Å². The fourth-order valence-electron chi connectivity index (χ4n) is 5.16. The van der Waals surface area contributed by atoms with Gasteiger partial charge < -0.3 is 20.7 Å². The molecule has 3 N–H and O–H groups in total. The summed E-state index contributed by atoms with van der Waals surface area (Å²) in [7, 11) is 1.62. The quantitative estimate of drug-likeness (QED) is 0.406. The molecule has 1 aliphatic carbocycles. The van der Waals surface area contributed by atoms with E-state index in [1.807, 2.05) is 19.1 Å². The van der Waals surface area contributed by atoms with Crippen LogP contribution in [0.1, 0.15) is 57.4 Å². The number of benzene rings is 1. The van der Waals surface area contributed by atoms with E-state index in [4.69, 9.17) is 16.3 Å². The smallest absolute Gasteiger partial charge is 0.233 e. The second kappa shape index (κ2) is 11.9. The van der Waals surface area contributed by atoms with Gasteiger partial charge in [0.2, 0.25) is 17.8 Å². The number of nitrogens with one attached hydrogen (secondary N) is 3. The van der Waals surface area contributed by atoms with Crippen molar-refractivity contribution in [1.82, 2.24) is 19.9 Å². The fourth-order valence-corrected chi connectivity index (χ4v) is 5.50. The Morgan fingerprint density at radius 2 is 1.68 bits per heavy atom. The fraction of sp³-hybridized carbons (Fsp3) is 0.640. The van der Waals surface area contributed by atoms with Crippen molar-refractivity contribution in [2.24, 2.45) is 5.92 Å². The van der Waals surface area contributed by atoms with Crippen LogP contribution >= 0.6 is 11.6 Å². The molecule has 0 spiro atoms. The zero-order valence-corrected chi connectivity index (χ0v) is 21.4. The number of methoxy groups -OCH3 is 1. The van der Waals surface area contributed by atoms with Gasteiger partial charge in [0, 0.05) is 24.8 Å². The van der Waals surface area contributed by atoms with E-state index in [0.29, 0.717) is 40.6 Å². The molecule has 1 saturated heterocycles. The molecule has 9 heteroatoms. The van der Waals surface area contributed by atoms with Crippen LogP contribution in [-0.4, -0.2) is 59.2 Å². The molecule has 1 atom stereocenters. The summed E-state index contributed by atoms with van der Waals surface area (Å²) in [6.07, 6.45) is 8.97. The van der Waals surface area contributed by atoms with Crippen LogP contribution in [0.15, 0.2) is 12.1 Å². The van der Waals surface area contributed by atoms with Gasteiger partial charge in [-0.2, -0.15) is 15.0 Å². The molecule has 0 amide bonds. The lowest BCUT2D eigenvalue weighted by Gasteiger charge is -2.23. The van der Waals surface area contributed by atoms with Gasteiger partial charge in [-0.15, -0.1) is 0 Å². The molecule has 1 aromatic carbocycles. The van der Waals surface area contributed by atoms with E-state index in [9.17, 15) is 0 Å². The Hall–Kier alpha value is -2.32. The van der Waals surface area contributed by atoms with Crippen LogP contribution in [0.4, 0.5) is 23.5 Å². The van der Waals surface area contributed by atoms with Crippen LogP contribution in [0.3, 0.4) is 0 Å². The van der Waals surface area contributed by atoms with Crippen LogP contribution in [0.25, 0.3) is 0 Å². The lowest BCUT2D eigenvalue weighted by Crippen LogP contribution is -2.35. The highest BCUT2D eigenvalue weighted by molar-refractivity contribution is 6.32. The van der Waals surface area contributed by atoms with Gasteiger partial charge in [0.1, 0.15) is 5.75 Å². The molecule has 2 aliphatic rings. The van der Waals surface area contributed by atoms with E-state index >= 15 is 0 Å². The minimum atomic E-state index is 0.489. The molecule has 2 aromatic rings. The topological polar surface area (TPSA) is 87.2 Å². The third-order valence-electron chi connectivity index (χ3n) is 7.00. The normalized spacial score (nSPS) is 19.2. The molecule has 0 bridgehead atoms. The van der Waals surface area contributed by atoms with Crippen LogP contribution in [0.2, 0.25) is 5.02 Å². The number of nitrogens with zero attached hydrogens (tertiary/aromatic N) is 4. The number of rotatable bonds is 10. The minimum absolute atomic E-state index is 0.489. The SMILES string of the molecule is CCN1CCCC1CNc1nc(NCC2CCCCC2)nc(Nc2cc(C)c(OC)c(Cl)c2)n1. The number of anilines is 4. The average molecular weight is 488 g/mol. The lowest BCUT2D eigenvalue weighted by atomic mass is 9.89. The maximum absolute atomic E-state index is 6.40. The van der Waals surface area contributed by atoms with Gasteiger partial charge in [-0.1, -0.05) is 37.8 Å². The predicted molar refractivity (Wildman–Crippen MR) is 140 cm³/mol. The van der Waals surface area contributed by atoms with Crippen molar-refractivity contribution < 1.29 is 4.74 Å². The van der Waals surface area contributed by atoms with E-state index in [-0.39, 0.29) is 0 Å². The van der Waals surface area contributed by atoms with Crippen LogP contribution in [0.5, 0.6) is 5.75 Å². The van der Waals surface area contributed by atoms with Crippen LogP contribution < -0.4 is 20.7 Å². The summed E-state index contributed by atoms with van der Waals surface area (Å²) in [4.78, 5) is 16.5. The standard InChI is InChI=1S/C25H38ClN7O/c1-4-33-12-8-11-20(33)16-28-24-30-23(27-15-18-9-6-5-7-10-18)31-25(32-24)29-19-13-17(2)22(34-3)21(26)14-19/h13-14,18,20H,4-12,15-16H2,1-3H3,(H3,27,28,29,30,31,32). The number of likely N-dealkylation sites (tertiary alicyclic amines) is 1. The monoisotopic (exact) mass is 487 g/mol. The molecule has 8 nitrogen and oxygen atoms in total. The third kappa shape index (κ3) is 6.42. The first-order valence-corrected chi connectivity index (χ1v) is 13.0. The van der Waals surface area contributed by atoms with E-state index in [1.165, 1.54) is 51.5 Å². The minimum Gasteiger partial charge on any atom is -0.495 e. The summed E-state index contributed by atoms with van der Waals surface area (Å²) in [5.74, 6) is 3.03. The Morgan fingerprint density at radius 3 is 2.35 bits per heavy atom. The van der Waals surface area contributed by atoms with Crippen molar-refractivity contribution in [2.75, 3.05) is 49.2 Å². The Kier molecular flexibility index (Phi) is 8.67. The van der Waals surface area contributed by atoms with E-state index in [0.717, 1.165) is 30.9 Å². The highest BCUT2D eigenvalue weighted by Gasteiger charge is 2.23. The number of halogens is 1. The molecule has 186 valence electrons. The first-order valence-electron chi connectivity index (χ1n) is 12.6. The highest BCUT2D eigenvalue weighted by atomic mass is 35.5. The molecule has 2 fully saturated rings. The van der Waals surface area contributed by atoms with Crippen LogP contribution in [-0.2, 0) is 0 Å². The van der Waals surface area contributed by atoms with Gasteiger partial charge in [0.15, 0.2) is 0 Å². The third-order valence-corrected chi connectivity index (χ3v) is 7.28. The summed E-state index contributed by atoms with van der Waals surface area (Å²) >= 11 is 6.40. The number of aryl methyl sites for hydroxylation is 1. The molecule has 1 aromatic heterocycles. The summed E-state index contributed by atoms with van der Waals surface area (Å²) < 4.78 is 5.38. The van der Waals surface area contributed by atoms with Crippen molar-refractivity contribution in [2.45, 2.75) is 64.8 Å². The zero-order valence-electron chi connectivity index (χ0n) is 20.7. The Balaban J connectivity index is 1.50.